The molecule has 0 atom stereocenters. The Morgan fingerprint density at radius 3 is 2.60 bits per heavy atom. The number of rotatable bonds is 10. The molecule has 10 nitrogen and oxygen atoms in total. The smallest absolute Gasteiger partial charge is 0.379 e. The quantitative estimate of drug-likeness (QED) is 0.249. The number of morpholine rings is 1. The molecule has 1 fully saturated rings. The van der Waals surface area contributed by atoms with Gasteiger partial charge in [-0.15, -0.1) is 5.10 Å². The molecule has 0 radical (unpaired) electrons. The van der Waals surface area contributed by atoms with Gasteiger partial charge in [-0.05, 0) is 60.5 Å². The molecular weight excluding hydrogens is 587 g/mol. The lowest BCUT2D eigenvalue weighted by molar-refractivity contribution is -0.137. The van der Waals surface area contributed by atoms with Crippen LogP contribution in [-0.2, 0) is 22.3 Å². The lowest BCUT2D eigenvalue weighted by Crippen LogP contribution is -2.37. The van der Waals surface area contributed by atoms with E-state index in [0.717, 1.165) is 68.4 Å². The van der Waals surface area contributed by atoms with Crippen LogP contribution in [0.1, 0.15) is 27.9 Å². The molecule has 1 saturated heterocycles. The lowest BCUT2D eigenvalue weighted by atomic mass is 10.1. The van der Waals surface area contributed by atoms with E-state index in [1.165, 1.54) is 31.3 Å². The number of hydrogen-bond acceptors (Lipinski definition) is 7. The average molecular weight is 620 g/mol. The van der Waals surface area contributed by atoms with Crippen molar-refractivity contribution in [3.8, 4) is 11.3 Å². The Hall–Kier alpha value is -4.88. The molecule has 1 aliphatic heterocycles. The number of ether oxygens (including phenoxy) is 1. The SMILES string of the molecule is CN(C(=O)c1cccc(C=CC(=O)Nc2ccc(-c3cn(CCCN4CCOCC4)nn3)cn2)c1)c1cccc(C(F)(F)F)c1. The van der Waals surface area contributed by atoms with Crippen LogP contribution in [0, 0.1) is 0 Å². The van der Waals surface area contributed by atoms with Crippen LogP contribution in [0.3, 0.4) is 0 Å². The van der Waals surface area contributed by atoms with Gasteiger partial charge in [-0.25, -0.2) is 4.98 Å². The van der Waals surface area contributed by atoms with Crippen molar-refractivity contribution in [3.63, 3.8) is 0 Å². The number of hydrogen-bond donors (Lipinski definition) is 1. The third-order valence-electron chi connectivity index (χ3n) is 7.24. The molecule has 1 aliphatic rings. The number of pyridine rings is 1. The van der Waals surface area contributed by atoms with E-state index in [4.69, 9.17) is 4.74 Å². The number of nitrogens with one attached hydrogen (secondary N) is 1. The molecule has 3 heterocycles. The Morgan fingerprint density at radius 1 is 1.04 bits per heavy atom. The van der Waals surface area contributed by atoms with Crippen molar-refractivity contribution in [2.45, 2.75) is 19.1 Å². The largest absolute Gasteiger partial charge is 0.416 e. The molecule has 0 bridgehead atoms. The number of halogens is 3. The highest BCUT2D eigenvalue weighted by Crippen LogP contribution is 2.31. The Bertz CT molecular complexity index is 1650. The molecule has 45 heavy (non-hydrogen) atoms. The van der Waals surface area contributed by atoms with Gasteiger partial charge in [0.05, 0.1) is 25.0 Å². The van der Waals surface area contributed by atoms with E-state index in [1.807, 2.05) is 10.9 Å². The Morgan fingerprint density at radius 2 is 1.84 bits per heavy atom. The molecule has 5 rings (SSSR count). The highest BCUT2D eigenvalue weighted by Gasteiger charge is 2.31. The van der Waals surface area contributed by atoms with Gasteiger partial charge in [0.25, 0.3) is 5.91 Å². The van der Waals surface area contributed by atoms with Gasteiger partial charge in [-0.3, -0.25) is 19.2 Å². The van der Waals surface area contributed by atoms with Gasteiger partial charge in [0.15, 0.2) is 0 Å². The van der Waals surface area contributed by atoms with Crippen LogP contribution in [0.4, 0.5) is 24.7 Å². The normalized spacial score (nSPS) is 14.0. The highest BCUT2D eigenvalue weighted by molar-refractivity contribution is 6.06. The summed E-state index contributed by atoms with van der Waals surface area (Å²) in [6, 6.07) is 14.5. The minimum absolute atomic E-state index is 0.109. The van der Waals surface area contributed by atoms with E-state index >= 15 is 0 Å². The fourth-order valence-corrected chi connectivity index (χ4v) is 4.76. The topological polar surface area (TPSA) is 105 Å². The van der Waals surface area contributed by atoms with Crippen LogP contribution in [-0.4, -0.2) is 76.6 Å². The molecule has 1 N–H and O–H groups in total. The second-order valence-electron chi connectivity index (χ2n) is 10.5. The van der Waals surface area contributed by atoms with Crippen molar-refractivity contribution >= 4 is 29.4 Å². The zero-order valence-corrected chi connectivity index (χ0v) is 24.6. The molecule has 2 aromatic carbocycles. The summed E-state index contributed by atoms with van der Waals surface area (Å²) in [6.07, 6.45) is 2.75. The number of carbonyl (C=O) groups excluding carboxylic acids is 2. The van der Waals surface area contributed by atoms with Crippen molar-refractivity contribution in [2.24, 2.45) is 0 Å². The van der Waals surface area contributed by atoms with Crippen LogP contribution in [0.25, 0.3) is 17.3 Å². The molecule has 0 spiro atoms. The predicted molar refractivity (Wildman–Crippen MR) is 163 cm³/mol. The number of nitrogens with zero attached hydrogens (tertiary/aromatic N) is 6. The van der Waals surface area contributed by atoms with Crippen LogP contribution >= 0.6 is 0 Å². The second kappa shape index (κ2) is 14.3. The molecule has 0 unspecified atom stereocenters. The summed E-state index contributed by atoms with van der Waals surface area (Å²) in [4.78, 5) is 33.4. The molecule has 4 aromatic rings. The summed E-state index contributed by atoms with van der Waals surface area (Å²) in [5, 5.41) is 11.1. The number of carbonyl (C=O) groups is 2. The predicted octanol–water partition coefficient (Wildman–Crippen LogP) is 5.01. The van der Waals surface area contributed by atoms with E-state index < -0.39 is 23.6 Å². The molecule has 0 aliphatic carbocycles. The Balaban J connectivity index is 1.14. The number of benzene rings is 2. The van der Waals surface area contributed by atoms with Crippen LogP contribution in [0.15, 0.2) is 79.1 Å². The van der Waals surface area contributed by atoms with E-state index in [1.54, 1.807) is 42.6 Å². The fourth-order valence-electron chi connectivity index (χ4n) is 4.76. The van der Waals surface area contributed by atoms with E-state index in [9.17, 15) is 22.8 Å². The minimum atomic E-state index is -4.52. The standard InChI is InChI=1S/C32H32F3N7O3/c1-40(27-8-3-7-26(20-27)32(33,34)35)31(44)24-6-2-5-23(19-24)9-12-30(43)37-29-11-10-25(21-36-29)28-22-42(39-38-28)14-4-13-41-15-17-45-18-16-41/h2-3,5-12,19-22H,4,13-18H2,1H3,(H,36,37,43). The lowest BCUT2D eigenvalue weighted by Gasteiger charge is -2.26. The summed E-state index contributed by atoms with van der Waals surface area (Å²) >= 11 is 0. The molecule has 13 heteroatoms. The summed E-state index contributed by atoms with van der Waals surface area (Å²) in [5.74, 6) is -0.580. The molecule has 0 saturated carbocycles. The van der Waals surface area contributed by atoms with Gasteiger partial charge in [0.2, 0.25) is 5.91 Å². The number of anilines is 2. The molecule has 2 aromatic heterocycles. The van der Waals surface area contributed by atoms with E-state index in [-0.39, 0.29) is 11.3 Å². The number of amides is 2. The van der Waals surface area contributed by atoms with Crippen LogP contribution in [0.5, 0.6) is 0 Å². The van der Waals surface area contributed by atoms with Gasteiger partial charge in [-0.2, -0.15) is 13.2 Å². The molecule has 234 valence electrons. The first kappa shape index (κ1) is 31.5. The van der Waals surface area contributed by atoms with Gasteiger partial charge < -0.3 is 15.0 Å². The summed E-state index contributed by atoms with van der Waals surface area (Å²) in [7, 11) is 1.40. The van der Waals surface area contributed by atoms with Crippen molar-refractivity contribution < 1.29 is 27.5 Å². The molecular formula is C32H32F3N7O3. The Labute approximate surface area is 258 Å². The van der Waals surface area contributed by atoms with Crippen LogP contribution in [0.2, 0.25) is 0 Å². The zero-order chi connectivity index (χ0) is 31.8. The Kier molecular flexibility index (Phi) is 10.0. The third kappa shape index (κ3) is 8.61. The van der Waals surface area contributed by atoms with Crippen LogP contribution < -0.4 is 10.2 Å². The minimum Gasteiger partial charge on any atom is -0.379 e. The zero-order valence-electron chi connectivity index (χ0n) is 24.6. The maximum atomic E-state index is 13.1. The van der Waals surface area contributed by atoms with Gasteiger partial charge in [0, 0.05) is 62.3 Å². The number of aryl methyl sites for hydroxylation is 1. The maximum Gasteiger partial charge on any atom is 0.416 e. The van der Waals surface area contributed by atoms with Crippen molar-refractivity contribution in [2.75, 3.05) is 50.1 Å². The van der Waals surface area contributed by atoms with Gasteiger partial charge in [-0.1, -0.05) is 23.4 Å². The number of alkyl halides is 3. The fraction of sp³-hybridized carbons (Fsp3) is 0.281. The van der Waals surface area contributed by atoms with E-state index in [2.05, 4.69) is 25.5 Å². The average Bonchev–Trinajstić information content (AvgIpc) is 3.53. The van der Waals surface area contributed by atoms with Crippen molar-refractivity contribution in [1.82, 2.24) is 24.9 Å². The van der Waals surface area contributed by atoms with E-state index in [0.29, 0.717) is 17.1 Å². The second-order valence-corrected chi connectivity index (χ2v) is 10.5. The highest BCUT2D eigenvalue weighted by atomic mass is 19.4. The van der Waals surface area contributed by atoms with Crippen molar-refractivity contribution in [1.29, 1.82) is 0 Å². The third-order valence-corrected chi connectivity index (χ3v) is 7.24. The maximum absolute atomic E-state index is 13.1. The molecule has 2 amide bonds. The van der Waals surface area contributed by atoms with Gasteiger partial charge >= 0.3 is 6.18 Å². The summed E-state index contributed by atoms with van der Waals surface area (Å²) in [5.41, 5.74) is 1.52. The summed E-state index contributed by atoms with van der Waals surface area (Å²) < 4.78 is 46.5. The van der Waals surface area contributed by atoms with Gasteiger partial charge in [0.1, 0.15) is 11.5 Å². The monoisotopic (exact) mass is 619 g/mol. The summed E-state index contributed by atoms with van der Waals surface area (Å²) in [6.45, 7) is 5.19. The first-order chi connectivity index (χ1) is 21.7. The number of aromatic nitrogens is 4. The first-order valence-electron chi connectivity index (χ1n) is 14.4. The van der Waals surface area contributed by atoms with Crippen molar-refractivity contribution in [3.05, 3.63) is 95.8 Å². The first-order valence-corrected chi connectivity index (χ1v) is 14.4.